The molecule has 4 nitrogen and oxygen atoms in total. The molecule has 2 rings (SSSR count). The number of thiophene rings is 1. The molecule has 0 bridgehead atoms. The highest BCUT2D eigenvalue weighted by Gasteiger charge is 2.15. The van der Waals surface area contributed by atoms with Crippen molar-refractivity contribution in [1.29, 1.82) is 0 Å². The van der Waals surface area contributed by atoms with Crippen LogP contribution in [-0.4, -0.2) is 17.1 Å². The molecule has 2 heterocycles. The largest absolute Gasteiger partial charge is 0.361 e. The number of nitrogens with one attached hydrogen (secondary N) is 1. The lowest BCUT2D eigenvalue weighted by Gasteiger charge is -2.12. The Kier molecular flexibility index (Phi) is 4.37. The van der Waals surface area contributed by atoms with Gasteiger partial charge in [-0.3, -0.25) is 4.79 Å². The molecule has 0 saturated carbocycles. The van der Waals surface area contributed by atoms with Crippen LogP contribution < -0.4 is 5.32 Å². The van der Waals surface area contributed by atoms with Gasteiger partial charge in [0.2, 0.25) is 5.91 Å². The van der Waals surface area contributed by atoms with Crippen molar-refractivity contribution in [2.24, 2.45) is 0 Å². The molecule has 0 aromatic carbocycles. The Balaban J connectivity index is 1.87. The molecule has 1 N–H and O–H groups in total. The van der Waals surface area contributed by atoms with E-state index < -0.39 is 0 Å². The van der Waals surface area contributed by atoms with Crippen molar-refractivity contribution >= 4 is 17.2 Å². The number of carbonyl (C=O) groups excluding carboxylic acids is 1. The zero-order chi connectivity index (χ0) is 13.8. The predicted octanol–water partition coefficient (Wildman–Crippen LogP) is 2.64. The van der Waals surface area contributed by atoms with Gasteiger partial charge in [-0.15, -0.1) is 11.3 Å². The van der Waals surface area contributed by atoms with Crippen LogP contribution in [0.1, 0.15) is 28.8 Å². The maximum absolute atomic E-state index is 12.0. The van der Waals surface area contributed by atoms with Gasteiger partial charge < -0.3 is 9.84 Å². The van der Waals surface area contributed by atoms with Crippen LogP contribution in [0, 0.1) is 13.8 Å². The van der Waals surface area contributed by atoms with Gasteiger partial charge in [0.15, 0.2) is 0 Å². The van der Waals surface area contributed by atoms with Crippen molar-refractivity contribution in [3.63, 3.8) is 0 Å². The third-order valence-corrected chi connectivity index (χ3v) is 3.91. The number of rotatable bonds is 5. The van der Waals surface area contributed by atoms with Crippen LogP contribution in [0.3, 0.4) is 0 Å². The van der Waals surface area contributed by atoms with Crippen molar-refractivity contribution in [3.05, 3.63) is 39.4 Å². The first kappa shape index (κ1) is 13.8. The van der Waals surface area contributed by atoms with Crippen molar-refractivity contribution in [2.75, 3.05) is 0 Å². The fourth-order valence-electron chi connectivity index (χ4n) is 2.02. The molecule has 102 valence electrons. The Morgan fingerprint density at radius 1 is 1.53 bits per heavy atom. The number of hydrogen-bond donors (Lipinski definition) is 1. The number of amides is 1. The van der Waals surface area contributed by atoms with Gasteiger partial charge in [-0.25, -0.2) is 0 Å². The van der Waals surface area contributed by atoms with Gasteiger partial charge in [0.25, 0.3) is 0 Å². The summed E-state index contributed by atoms with van der Waals surface area (Å²) in [7, 11) is 0. The van der Waals surface area contributed by atoms with Gasteiger partial charge in [-0.2, -0.15) is 0 Å². The van der Waals surface area contributed by atoms with Gasteiger partial charge >= 0.3 is 0 Å². The average Bonchev–Trinajstić information content (AvgIpc) is 2.94. The summed E-state index contributed by atoms with van der Waals surface area (Å²) in [5.74, 6) is 0.733. The molecule has 0 radical (unpaired) electrons. The van der Waals surface area contributed by atoms with Gasteiger partial charge in [0, 0.05) is 22.9 Å². The van der Waals surface area contributed by atoms with Gasteiger partial charge in [0.1, 0.15) is 5.76 Å². The Bertz CT molecular complexity index is 526. The minimum absolute atomic E-state index is 0.0125. The van der Waals surface area contributed by atoms with Crippen LogP contribution >= 0.6 is 11.3 Å². The SMILES string of the molecule is Cc1noc(C)c1CC(=O)NC(C)Cc1cccs1. The van der Waals surface area contributed by atoms with E-state index >= 15 is 0 Å². The summed E-state index contributed by atoms with van der Waals surface area (Å²) >= 11 is 1.71. The highest BCUT2D eigenvalue weighted by molar-refractivity contribution is 7.09. The van der Waals surface area contributed by atoms with Crippen molar-refractivity contribution in [2.45, 2.75) is 39.7 Å². The summed E-state index contributed by atoms with van der Waals surface area (Å²) in [6.07, 6.45) is 1.20. The fourth-order valence-corrected chi connectivity index (χ4v) is 2.86. The van der Waals surface area contributed by atoms with E-state index in [4.69, 9.17) is 4.52 Å². The van der Waals surface area contributed by atoms with Crippen LogP contribution in [0.25, 0.3) is 0 Å². The maximum atomic E-state index is 12.0. The number of aromatic nitrogens is 1. The van der Waals surface area contributed by atoms with E-state index in [1.54, 1.807) is 11.3 Å². The van der Waals surface area contributed by atoms with Gasteiger partial charge in [-0.05, 0) is 32.2 Å². The second-order valence-corrected chi connectivity index (χ2v) is 5.76. The highest BCUT2D eigenvalue weighted by Crippen LogP contribution is 2.14. The standard InChI is InChI=1S/C14H18N2O2S/c1-9(7-12-5-4-6-19-12)15-14(17)8-13-10(2)16-18-11(13)3/h4-6,9H,7-8H2,1-3H3,(H,15,17). The fraction of sp³-hybridized carbons (Fsp3) is 0.429. The predicted molar refractivity (Wildman–Crippen MR) is 75.3 cm³/mol. The number of carbonyl (C=O) groups is 1. The third-order valence-electron chi connectivity index (χ3n) is 3.01. The highest BCUT2D eigenvalue weighted by atomic mass is 32.1. The van der Waals surface area contributed by atoms with E-state index in [1.807, 2.05) is 32.2 Å². The Morgan fingerprint density at radius 2 is 2.32 bits per heavy atom. The number of nitrogens with zero attached hydrogens (tertiary/aromatic N) is 1. The summed E-state index contributed by atoms with van der Waals surface area (Å²) in [5, 5.41) is 8.91. The Hall–Kier alpha value is -1.62. The molecule has 1 unspecified atom stereocenters. The zero-order valence-corrected chi connectivity index (χ0v) is 12.2. The molecule has 1 amide bonds. The second kappa shape index (κ2) is 6.02. The van der Waals surface area contributed by atoms with Crippen LogP contribution in [0.5, 0.6) is 0 Å². The summed E-state index contributed by atoms with van der Waals surface area (Å²) < 4.78 is 5.06. The first-order valence-corrected chi connectivity index (χ1v) is 7.17. The smallest absolute Gasteiger partial charge is 0.224 e. The van der Waals surface area contributed by atoms with Crippen molar-refractivity contribution < 1.29 is 9.32 Å². The first-order chi connectivity index (χ1) is 9.06. The van der Waals surface area contributed by atoms with Gasteiger partial charge in [-0.1, -0.05) is 11.2 Å². The molecule has 0 aliphatic heterocycles. The first-order valence-electron chi connectivity index (χ1n) is 6.29. The summed E-state index contributed by atoms with van der Waals surface area (Å²) in [5.41, 5.74) is 1.68. The molecule has 5 heteroatoms. The summed E-state index contributed by atoms with van der Waals surface area (Å²) in [4.78, 5) is 13.3. The van der Waals surface area contributed by atoms with E-state index in [2.05, 4.69) is 16.5 Å². The molecule has 2 aromatic heterocycles. The minimum atomic E-state index is 0.0125. The lowest BCUT2D eigenvalue weighted by atomic mass is 10.1. The summed E-state index contributed by atoms with van der Waals surface area (Å²) in [6.45, 7) is 5.71. The molecule has 1 atom stereocenters. The van der Waals surface area contributed by atoms with Crippen LogP contribution in [0.4, 0.5) is 0 Å². The van der Waals surface area contributed by atoms with Crippen LogP contribution in [-0.2, 0) is 17.6 Å². The minimum Gasteiger partial charge on any atom is -0.361 e. The molecule has 0 saturated heterocycles. The molecule has 2 aromatic rings. The zero-order valence-electron chi connectivity index (χ0n) is 11.4. The maximum Gasteiger partial charge on any atom is 0.224 e. The Labute approximate surface area is 116 Å². The summed E-state index contributed by atoms with van der Waals surface area (Å²) in [6, 6.07) is 4.24. The van der Waals surface area contributed by atoms with Crippen LogP contribution in [0.15, 0.2) is 22.0 Å². The second-order valence-electron chi connectivity index (χ2n) is 4.73. The van der Waals surface area contributed by atoms with E-state index in [9.17, 15) is 4.79 Å². The van der Waals surface area contributed by atoms with Gasteiger partial charge in [0.05, 0.1) is 12.1 Å². The van der Waals surface area contributed by atoms with E-state index in [0.717, 1.165) is 23.4 Å². The molecule has 0 aliphatic rings. The normalized spacial score (nSPS) is 12.4. The number of hydrogen-bond acceptors (Lipinski definition) is 4. The molecule has 19 heavy (non-hydrogen) atoms. The van der Waals surface area contributed by atoms with E-state index in [1.165, 1.54) is 4.88 Å². The lowest BCUT2D eigenvalue weighted by Crippen LogP contribution is -2.35. The molecular formula is C14H18N2O2S. The molecule has 0 spiro atoms. The van der Waals surface area contributed by atoms with Crippen molar-refractivity contribution in [3.8, 4) is 0 Å². The number of aryl methyl sites for hydroxylation is 2. The average molecular weight is 278 g/mol. The topological polar surface area (TPSA) is 55.1 Å². The van der Waals surface area contributed by atoms with E-state index in [-0.39, 0.29) is 11.9 Å². The third kappa shape index (κ3) is 3.67. The van der Waals surface area contributed by atoms with Crippen molar-refractivity contribution in [1.82, 2.24) is 10.5 Å². The van der Waals surface area contributed by atoms with E-state index in [0.29, 0.717) is 6.42 Å². The monoisotopic (exact) mass is 278 g/mol. The molecular weight excluding hydrogens is 260 g/mol. The molecule has 0 aliphatic carbocycles. The Morgan fingerprint density at radius 3 is 2.89 bits per heavy atom. The molecule has 0 fully saturated rings. The lowest BCUT2D eigenvalue weighted by molar-refractivity contribution is -0.121. The van der Waals surface area contributed by atoms with Crippen LogP contribution in [0.2, 0.25) is 0 Å². The quantitative estimate of drug-likeness (QED) is 0.914.